The number of aromatic amines is 1. The molecule has 0 aliphatic heterocycles. The maximum atomic E-state index is 3.74. The van der Waals surface area contributed by atoms with Gasteiger partial charge in [-0.2, -0.15) is 0 Å². The first kappa shape index (κ1) is 14.0. The number of rotatable bonds is 5. The van der Waals surface area contributed by atoms with Crippen LogP contribution in [0.2, 0.25) is 0 Å². The standard InChI is InChI=1S/C17H24N2S/c1-13-6-2-4-8-15(13)18-10-11-20-17-12-14-7-3-5-9-16(14)19-17/h3,5,7,9,12-13,15,18-19H,2,4,6,8,10-11H2,1H3. The van der Waals surface area contributed by atoms with Crippen molar-refractivity contribution in [1.82, 2.24) is 10.3 Å². The number of fused-ring (bicyclic) bond motifs is 1. The van der Waals surface area contributed by atoms with E-state index in [1.807, 2.05) is 11.8 Å². The summed E-state index contributed by atoms with van der Waals surface area (Å²) >= 11 is 1.92. The van der Waals surface area contributed by atoms with Gasteiger partial charge in [-0.05, 0) is 30.9 Å². The summed E-state index contributed by atoms with van der Waals surface area (Å²) < 4.78 is 0. The molecule has 2 atom stereocenters. The molecule has 1 aliphatic rings. The Morgan fingerprint density at radius 1 is 1.25 bits per heavy atom. The largest absolute Gasteiger partial charge is 0.350 e. The zero-order chi connectivity index (χ0) is 13.8. The van der Waals surface area contributed by atoms with Gasteiger partial charge in [-0.15, -0.1) is 11.8 Å². The van der Waals surface area contributed by atoms with Crippen LogP contribution in [-0.4, -0.2) is 23.3 Å². The molecule has 1 fully saturated rings. The molecule has 20 heavy (non-hydrogen) atoms. The minimum absolute atomic E-state index is 0.743. The van der Waals surface area contributed by atoms with Crippen LogP contribution in [0.3, 0.4) is 0 Å². The molecule has 2 aromatic rings. The fourth-order valence-electron chi connectivity index (χ4n) is 3.15. The number of hydrogen-bond donors (Lipinski definition) is 2. The maximum Gasteiger partial charge on any atom is 0.0732 e. The van der Waals surface area contributed by atoms with Crippen molar-refractivity contribution in [2.24, 2.45) is 5.92 Å². The molecule has 1 aliphatic carbocycles. The fourth-order valence-corrected chi connectivity index (χ4v) is 3.98. The quantitative estimate of drug-likeness (QED) is 0.629. The lowest BCUT2D eigenvalue weighted by molar-refractivity contribution is 0.285. The van der Waals surface area contributed by atoms with Crippen molar-refractivity contribution in [2.75, 3.05) is 12.3 Å². The van der Waals surface area contributed by atoms with Crippen LogP contribution < -0.4 is 5.32 Å². The van der Waals surface area contributed by atoms with E-state index in [4.69, 9.17) is 0 Å². The van der Waals surface area contributed by atoms with Gasteiger partial charge >= 0.3 is 0 Å². The lowest BCUT2D eigenvalue weighted by atomic mass is 9.86. The van der Waals surface area contributed by atoms with E-state index in [0.717, 1.165) is 24.3 Å². The van der Waals surface area contributed by atoms with Gasteiger partial charge in [-0.1, -0.05) is 38.0 Å². The van der Waals surface area contributed by atoms with Gasteiger partial charge in [0.2, 0.25) is 0 Å². The summed E-state index contributed by atoms with van der Waals surface area (Å²) in [6.07, 6.45) is 5.57. The second kappa shape index (κ2) is 6.68. The summed E-state index contributed by atoms with van der Waals surface area (Å²) in [6, 6.07) is 11.5. The first-order chi connectivity index (χ1) is 9.83. The van der Waals surface area contributed by atoms with Crippen LogP contribution in [-0.2, 0) is 0 Å². The first-order valence-electron chi connectivity index (χ1n) is 7.77. The van der Waals surface area contributed by atoms with Gasteiger partial charge in [0.15, 0.2) is 0 Å². The molecular weight excluding hydrogens is 264 g/mol. The molecule has 3 rings (SSSR count). The van der Waals surface area contributed by atoms with Crippen molar-refractivity contribution < 1.29 is 0 Å². The van der Waals surface area contributed by atoms with Crippen molar-refractivity contribution in [3.05, 3.63) is 30.3 Å². The Hall–Kier alpha value is -0.930. The average Bonchev–Trinajstić information content (AvgIpc) is 2.88. The van der Waals surface area contributed by atoms with E-state index >= 15 is 0 Å². The van der Waals surface area contributed by atoms with E-state index in [1.54, 1.807) is 0 Å². The summed E-state index contributed by atoms with van der Waals surface area (Å²) in [7, 11) is 0. The van der Waals surface area contributed by atoms with Gasteiger partial charge in [0.25, 0.3) is 0 Å². The van der Waals surface area contributed by atoms with E-state index in [9.17, 15) is 0 Å². The summed E-state index contributed by atoms with van der Waals surface area (Å²) in [5.74, 6) is 1.98. The zero-order valence-corrected chi connectivity index (χ0v) is 13.0. The number of nitrogens with one attached hydrogen (secondary N) is 2. The van der Waals surface area contributed by atoms with Crippen LogP contribution in [0.5, 0.6) is 0 Å². The minimum Gasteiger partial charge on any atom is -0.350 e. The minimum atomic E-state index is 0.743. The SMILES string of the molecule is CC1CCCCC1NCCSc1cc2ccccc2[nH]1. The Bertz CT molecular complexity index is 516. The smallest absolute Gasteiger partial charge is 0.0732 e. The summed E-state index contributed by atoms with van der Waals surface area (Å²) in [5.41, 5.74) is 1.24. The first-order valence-corrected chi connectivity index (χ1v) is 8.75. The number of aromatic nitrogens is 1. The van der Waals surface area contributed by atoms with Crippen LogP contribution in [0, 0.1) is 5.92 Å². The van der Waals surface area contributed by atoms with Gasteiger partial charge in [0, 0.05) is 29.2 Å². The van der Waals surface area contributed by atoms with Gasteiger partial charge < -0.3 is 10.3 Å². The highest BCUT2D eigenvalue weighted by atomic mass is 32.2. The number of para-hydroxylation sites is 1. The Morgan fingerprint density at radius 2 is 2.10 bits per heavy atom. The highest BCUT2D eigenvalue weighted by molar-refractivity contribution is 7.99. The van der Waals surface area contributed by atoms with Gasteiger partial charge in [0.1, 0.15) is 0 Å². The molecule has 0 bridgehead atoms. The van der Waals surface area contributed by atoms with Crippen molar-refractivity contribution in [3.63, 3.8) is 0 Å². The van der Waals surface area contributed by atoms with Gasteiger partial charge in [0.05, 0.1) is 5.03 Å². The highest BCUT2D eigenvalue weighted by Gasteiger charge is 2.20. The van der Waals surface area contributed by atoms with Crippen LogP contribution in [0.1, 0.15) is 32.6 Å². The molecule has 108 valence electrons. The van der Waals surface area contributed by atoms with Crippen LogP contribution in [0.4, 0.5) is 0 Å². The third-order valence-electron chi connectivity index (χ3n) is 4.38. The van der Waals surface area contributed by atoms with E-state index in [0.29, 0.717) is 0 Å². The lowest BCUT2D eigenvalue weighted by Crippen LogP contribution is -2.38. The summed E-state index contributed by atoms with van der Waals surface area (Å²) in [5, 5.41) is 6.33. The molecular formula is C17H24N2S. The highest BCUT2D eigenvalue weighted by Crippen LogP contribution is 2.25. The van der Waals surface area contributed by atoms with E-state index in [1.165, 1.54) is 41.6 Å². The van der Waals surface area contributed by atoms with E-state index < -0.39 is 0 Å². The molecule has 0 spiro atoms. The number of thioether (sulfide) groups is 1. The Balaban J connectivity index is 1.45. The molecule has 1 heterocycles. The van der Waals surface area contributed by atoms with Gasteiger partial charge in [-0.3, -0.25) is 0 Å². The second-order valence-corrected chi connectivity index (χ2v) is 7.03. The third-order valence-corrected chi connectivity index (χ3v) is 5.32. The van der Waals surface area contributed by atoms with Crippen LogP contribution in [0.15, 0.2) is 35.4 Å². The Labute approximate surface area is 125 Å². The molecule has 1 saturated carbocycles. The maximum absolute atomic E-state index is 3.74. The third kappa shape index (κ3) is 3.39. The zero-order valence-electron chi connectivity index (χ0n) is 12.2. The molecule has 0 amide bonds. The molecule has 1 aromatic heterocycles. The van der Waals surface area contributed by atoms with Crippen molar-refractivity contribution in [3.8, 4) is 0 Å². The normalized spacial score (nSPS) is 23.2. The summed E-state index contributed by atoms with van der Waals surface area (Å²) in [4.78, 5) is 3.48. The van der Waals surface area contributed by atoms with Crippen LogP contribution >= 0.6 is 11.8 Å². The number of benzene rings is 1. The summed E-state index contributed by atoms with van der Waals surface area (Å²) in [6.45, 7) is 3.50. The fraction of sp³-hybridized carbons (Fsp3) is 0.529. The van der Waals surface area contributed by atoms with Crippen molar-refractivity contribution >= 4 is 22.7 Å². The second-order valence-electron chi connectivity index (χ2n) is 5.89. The average molecular weight is 288 g/mol. The number of H-pyrrole nitrogens is 1. The lowest BCUT2D eigenvalue weighted by Gasteiger charge is -2.29. The predicted molar refractivity (Wildman–Crippen MR) is 88.4 cm³/mol. The Kier molecular flexibility index (Phi) is 4.69. The topological polar surface area (TPSA) is 27.8 Å². The molecule has 0 radical (unpaired) electrons. The van der Waals surface area contributed by atoms with Crippen molar-refractivity contribution in [2.45, 2.75) is 43.7 Å². The van der Waals surface area contributed by atoms with Crippen molar-refractivity contribution in [1.29, 1.82) is 0 Å². The molecule has 2 N–H and O–H groups in total. The predicted octanol–water partition coefficient (Wildman–Crippen LogP) is 4.43. The molecule has 0 saturated heterocycles. The van der Waals surface area contributed by atoms with E-state index in [2.05, 4.69) is 47.6 Å². The molecule has 1 aromatic carbocycles. The Morgan fingerprint density at radius 3 is 2.95 bits per heavy atom. The number of hydrogen-bond acceptors (Lipinski definition) is 2. The molecule has 2 nitrogen and oxygen atoms in total. The van der Waals surface area contributed by atoms with Crippen LogP contribution in [0.25, 0.3) is 10.9 Å². The van der Waals surface area contributed by atoms with Gasteiger partial charge in [-0.25, -0.2) is 0 Å². The molecule has 2 unspecified atom stereocenters. The van der Waals surface area contributed by atoms with E-state index in [-0.39, 0.29) is 0 Å². The monoisotopic (exact) mass is 288 g/mol. The molecule has 3 heteroatoms.